The van der Waals surface area contributed by atoms with Crippen molar-refractivity contribution in [1.82, 2.24) is 9.91 Å². The number of hydrogen-bond acceptors (Lipinski definition) is 6. The normalized spacial score (nSPS) is 22.0. The van der Waals surface area contributed by atoms with Crippen molar-refractivity contribution in [2.45, 2.75) is 38.0 Å². The van der Waals surface area contributed by atoms with Gasteiger partial charge in [0.1, 0.15) is 17.2 Å². The Labute approximate surface area is 168 Å². The van der Waals surface area contributed by atoms with E-state index in [1.807, 2.05) is 34.2 Å². The minimum atomic E-state index is -0.626. The minimum absolute atomic E-state index is 0.0134. The molecule has 1 amide bonds. The molecule has 0 aromatic heterocycles. The number of piperidine rings is 1. The number of carbonyl (C=O) groups is 1. The van der Waals surface area contributed by atoms with Gasteiger partial charge >= 0.3 is 0 Å². The van der Waals surface area contributed by atoms with E-state index in [0.29, 0.717) is 37.9 Å². The Morgan fingerprint density at radius 3 is 2.69 bits per heavy atom. The molecule has 0 aliphatic carbocycles. The van der Waals surface area contributed by atoms with E-state index in [-0.39, 0.29) is 23.4 Å². The van der Waals surface area contributed by atoms with E-state index < -0.39 is 5.72 Å². The maximum atomic E-state index is 11.8. The zero-order chi connectivity index (χ0) is 20.2. The Hall–Kier alpha value is -3.22. The number of hydrazone groups is 1. The molecule has 2 N–H and O–H groups in total. The lowest BCUT2D eigenvalue weighted by atomic mass is 9.90. The largest absolute Gasteiger partial charge is 0.508 e. The number of carbonyl (C=O) groups excluding carboxylic acids is 1. The second kappa shape index (κ2) is 6.40. The molecular weight excluding hydrogens is 370 g/mol. The van der Waals surface area contributed by atoms with Gasteiger partial charge in [-0.25, -0.2) is 5.01 Å². The van der Waals surface area contributed by atoms with Crippen molar-refractivity contribution in [3.05, 3.63) is 53.6 Å². The molecule has 150 valence electrons. The van der Waals surface area contributed by atoms with E-state index in [9.17, 15) is 15.0 Å². The van der Waals surface area contributed by atoms with E-state index in [0.717, 1.165) is 17.0 Å². The van der Waals surface area contributed by atoms with E-state index >= 15 is 0 Å². The molecule has 1 spiro atoms. The van der Waals surface area contributed by atoms with Crippen LogP contribution in [0.1, 0.15) is 43.4 Å². The highest BCUT2D eigenvalue weighted by Crippen LogP contribution is 2.50. The Morgan fingerprint density at radius 1 is 1.17 bits per heavy atom. The van der Waals surface area contributed by atoms with Crippen molar-refractivity contribution in [2.24, 2.45) is 5.10 Å². The van der Waals surface area contributed by atoms with Crippen molar-refractivity contribution in [3.63, 3.8) is 0 Å². The second-order valence-corrected chi connectivity index (χ2v) is 7.90. The molecular formula is C22H23N3O4. The predicted octanol–water partition coefficient (Wildman–Crippen LogP) is 2.98. The van der Waals surface area contributed by atoms with Crippen LogP contribution in [0.25, 0.3) is 0 Å². The van der Waals surface area contributed by atoms with Crippen LogP contribution in [0.2, 0.25) is 0 Å². The maximum absolute atomic E-state index is 11.8. The molecule has 0 radical (unpaired) electrons. The van der Waals surface area contributed by atoms with Crippen LogP contribution in [0.15, 0.2) is 47.6 Å². The number of phenolic OH excluding ortho intramolecular Hbond substituents is 2. The zero-order valence-corrected chi connectivity index (χ0v) is 16.2. The first-order valence-corrected chi connectivity index (χ1v) is 9.89. The summed E-state index contributed by atoms with van der Waals surface area (Å²) in [6.45, 7) is 2.82. The van der Waals surface area contributed by atoms with Crippen molar-refractivity contribution in [2.75, 3.05) is 13.1 Å². The minimum Gasteiger partial charge on any atom is -0.508 e. The zero-order valence-electron chi connectivity index (χ0n) is 16.2. The van der Waals surface area contributed by atoms with Crippen molar-refractivity contribution < 1.29 is 19.7 Å². The number of fused-ring (bicyclic) bond motifs is 4. The standard InChI is InChI=1S/C22H23N3O4/c1-14(26)24-10-8-22(9-11-24)25-19(16-4-2-3-5-21(16)29-22)13-18(23-25)17-12-15(27)6-7-20(17)28/h2-7,12,19,27-28H,8-11,13H2,1H3. The van der Waals surface area contributed by atoms with Crippen LogP contribution in [0.5, 0.6) is 17.2 Å². The number of phenols is 2. The number of aromatic hydroxyl groups is 2. The van der Waals surface area contributed by atoms with Gasteiger partial charge in [-0.1, -0.05) is 18.2 Å². The molecule has 29 heavy (non-hydrogen) atoms. The monoisotopic (exact) mass is 393 g/mol. The number of likely N-dealkylation sites (tertiary alicyclic amines) is 1. The number of ether oxygens (including phenoxy) is 1. The average molecular weight is 393 g/mol. The summed E-state index contributed by atoms with van der Waals surface area (Å²) in [7, 11) is 0. The Bertz CT molecular complexity index is 1010. The molecule has 7 heteroatoms. The van der Waals surface area contributed by atoms with Gasteiger partial charge in [0.15, 0.2) is 0 Å². The van der Waals surface area contributed by atoms with Gasteiger partial charge in [-0.15, -0.1) is 0 Å². The number of amides is 1. The molecule has 7 nitrogen and oxygen atoms in total. The molecule has 1 unspecified atom stereocenters. The van der Waals surface area contributed by atoms with Gasteiger partial charge in [0, 0.05) is 50.4 Å². The molecule has 1 saturated heterocycles. The summed E-state index contributed by atoms with van der Waals surface area (Å²) in [5.41, 5.74) is 1.69. The SMILES string of the molecule is CC(=O)N1CCC2(CC1)Oc1ccccc1C1CC(c3cc(O)ccc3O)=NN12. The smallest absolute Gasteiger partial charge is 0.219 e. The van der Waals surface area contributed by atoms with E-state index in [1.165, 1.54) is 12.1 Å². The molecule has 2 aromatic rings. The summed E-state index contributed by atoms with van der Waals surface area (Å²) in [6, 6.07) is 12.5. The molecule has 5 rings (SSSR count). The second-order valence-electron chi connectivity index (χ2n) is 7.90. The number of rotatable bonds is 1. The van der Waals surface area contributed by atoms with E-state index in [2.05, 4.69) is 0 Å². The molecule has 2 aromatic carbocycles. The molecule has 3 aliphatic rings. The van der Waals surface area contributed by atoms with Gasteiger partial charge in [-0.3, -0.25) is 4.79 Å². The molecule has 1 atom stereocenters. The van der Waals surface area contributed by atoms with Gasteiger partial charge in [0.2, 0.25) is 11.6 Å². The van der Waals surface area contributed by atoms with E-state index in [4.69, 9.17) is 9.84 Å². The highest BCUT2D eigenvalue weighted by atomic mass is 16.5. The highest BCUT2D eigenvalue weighted by Gasteiger charge is 2.52. The first kappa shape index (κ1) is 17.8. The van der Waals surface area contributed by atoms with E-state index in [1.54, 1.807) is 13.0 Å². The van der Waals surface area contributed by atoms with Gasteiger partial charge < -0.3 is 19.8 Å². The third-order valence-electron chi connectivity index (χ3n) is 6.19. The van der Waals surface area contributed by atoms with Crippen LogP contribution < -0.4 is 4.74 Å². The summed E-state index contributed by atoms with van der Waals surface area (Å²) in [5, 5.41) is 27.1. The van der Waals surface area contributed by atoms with Crippen LogP contribution in [0.3, 0.4) is 0 Å². The van der Waals surface area contributed by atoms with Crippen LogP contribution in [-0.4, -0.2) is 50.6 Å². The van der Waals surface area contributed by atoms with Gasteiger partial charge in [-0.2, -0.15) is 5.10 Å². The maximum Gasteiger partial charge on any atom is 0.219 e. The fourth-order valence-corrected chi connectivity index (χ4v) is 4.65. The Kier molecular flexibility index (Phi) is 3.94. The molecule has 0 saturated carbocycles. The summed E-state index contributed by atoms with van der Waals surface area (Å²) in [6.07, 6.45) is 1.91. The van der Waals surface area contributed by atoms with Crippen LogP contribution in [-0.2, 0) is 4.79 Å². The topological polar surface area (TPSA) is 85.6 Å². The number of hydrogen-bond donors (Lipinski definition) is 2. The summed E-state index contributed by atoms with van der Waals surface area (Å²) >= 11 is 0. The number of para-hydroxylation sites is 1. The summed E-state index contributed by atoms with van der Waals surface area (Å²) < 4.78 is 6.51. The quantitative estimate of drug-likeness (QED) is 0.728. The van der Waals surface area contributed by atoms with Gasteiger partial charge in [0.05, 0.1) is 11.8 Å². The Morgan fingerprint density at radius 2 is 1.93 bits per heavy atom. The van der Waals surface area contributed by atoms with Crippen molar-refractivity contribution in [3.8, 4) is 17.2 Å². The lowest BCUT2D eigenvalue weighted by Gasteiger charge is -2.51. The molecule has 0 bridgehead atoms. The molecule has 3 heterocycles. The molecule has 1 fully saturated rings. The fraction of sp³-hybridized carbons (Fsp3) is 0.364. The average Bonchev–Trinajstić information content (AvgIpc) is 3.17. The van der Waals surface area contributed by atoms with Crippen LogP contribution >= 0.6 is 0 Å². The third-order valence-corrected chi connectivity index (χ3v) is 6.19. The summed E-state index contributed by atoms with van der Waals surface area (Å²) in [4.78, 5) is 13.6. The van der Waals surface area contributed by atoms with Gasteiger partial charge in [0.25, 0.3) is 0 Å². The van der Waals surface area contributed by atoms with Crippen LogP contribution in [0, 0.1) is 0 Å². The third kappa shape index (κ3) is 2.80. The number of benzene rings is 2. The fourth-order valence-electron chi connectivity index (χ4n) is 4.65. The number of nitrogens with zero attached hydrogens (tertiary/aromatic N) is 3. The Balaban J connectivity index is 1.56. The lowest BCUT2D eigenvalue weighted by Crippen LogP contribution is -2.59. The van der Waals surface area contributed by atoms with Gasteiger partial charge in [-0.05, 0) is 24.3 Å². The highest BCUT2D eigenvalue weighted by molar-refractivity contribution is 6.04. The summed E-state index contributed by atoms with van der Waals surface area (Å²) in [5.74, 6) is 1.10. The van der Waals surface area contributed by atoms with Crippen molar-refractivity contribution in [1.29, 1.82) is 0 Å². The predicted molar refractivity (Wildman–Crippen MR) is 107 cm³/mol. The van der Waals surface area contributed by atoms with Crippen LogP contribution in [0.4, 0.5) is 0 Å². The first-order chi connectivity index (χ1) is 14.0. The first-order valence-electron chi connectivity index (χ1n) is 9.89. The molecule has 3 aliphatic heterocycles. The van der Waals surface area contributed by atoms with Crippen molar-refractivity contribution >= 4 is 11.6 Å². The lowest BCUT2D eigenvalue weighted by molar-refractivity contribution is -0.158.